The number of aryl methyl sites for hydroxylation is 1. The third-order valence-electron chi connectivity index (χ3n) is 3.88. The molecule has 3 rings (SSSR count). The molecule has 0 bridgehead atoms. The summed E-state index contributed by atoms with van der Waals surface area (Å²) in [5, 5.41) is 5.39. The molecule has 12 nitrogen and oxygen atoms in total. The molecule has 0 fully saturated rings. The smallest absolute Gasteiger partial charge is 0.744 e. The number of anilines is 5. The van der Waals surface area contributed by atoms with E-state index >= 15 is 0 Å². The van der Waals surface area contributed by atoms with Gasteiger partial charge in [0.1, 0.15) is 20.2 Å². The van der Waals surface area contributed by atoms with E-state index in [-0.39, 0.29) is 92.6 Å². The van der Waals surface area contributed by atoms with E-state index in [0.717, 1.165) is 12.1 Å². The molecule has 0 spiro atoms. The minimum absolute atomic E-state index is 0. The Labute approximate surface area is 238 Å². The summed E-state index contributed by atoms with van der Waals surface area (Å²) in [6, 6.07) is 7.24. The molecule has 3 aromatic rings. The molecule has 33 heavy (non-hydrogen) atoms. The monoisotopic (exact) mass is 530 g/mol. The van der Waals surface area contributed by atoms with Crippen molar-refractivity contribution in [3.63, 3.8) is 0 Å². The summed E-state index contributed by atoms with van der Waals surface area (Å²) in [5.74, 6) is -0.0360. The van der Waals surface area contributed by atoms with Crippen molar-refractivity contribution >= 4 is 60.8 Å². The quantitative estimate of drug-likeness (QED) is 0.157. The Balaban J connectivity index is 0.00000272. The van der Waals surface area contributed by atoms with Gasteiger partial charge in [-0.3, -0.25) is 0 Å². The fourth-order valence-corrected chi connectivity index (χ4v) is 3.80. The Morgan fingerprint density at radius 1 is 0.879 bits per heavy atom. The number of hydrogen-bond donors (Lipinski definition) is 3. The molecule has 0 saturated carbocycles. The summed E-state index contributed by atoms with van der Waals surface area (Å²) < 4.78 is 66.7. The van der Waals surface area contributed by atoms with Gasteiger partial charge in [-0.05, 0) is 60.5 Å². The number of nitrogens with two attached hydrogens (primary N) is 1. The van der Waals surface area contributed by atoms with E-state index in [1.807, 2.05) is 0 Å². The zero-order valence-corrected chi connectivity index (χ0v) is 23.9. The van der Waals surface area contributed by atoms with Gasteiger partial charge in [-0.1, -0.05) is 0 Å². The van der Waals surface area contributed by atoms with Crippen molar-refractivity contribution in [1.29, 1.82) is 0 Å². The Hall–Kier alpha value is -1.04. The molecule has 4 N–H and O–H groups in total. The van der Waals surface area contributed by atoms with Crippen LogP contribution in [0.3, 0.4) is 0 Å². The Morgan fingerprint density at radius 2 is 1.48 bits per heavy atom. The van der Waals surface area contributed by atoms with Gasteiger partial charge in [0.2, 0.25) is 17.2 Å². The number of rotatable bonds is 6. The molecule has 0 aliphatic heterocycles. The fraction of sp³-hybridized carbons (Fsp3) is 0.0625. The van der Waals surface area contributed by atoms with Crippen LogP contribution in [0.25, 0.3) is 0 Å². The SMILES string of the molecule is Cc1cc(S(=O)(=O)[O-])ccc1Nc1nc(Cl)nc(Nc2ccc(S(=O)(=O)[O-])c(N)c2)n1.[Na+].[Na+]. The summed E-state index contributed by atoms with van der Waals surface area (Å²) in [4.78, 5) is 11.0. The number of aromatic nitrogens is 3. The molecule has 164 valence electrons. The third-order valence-corrected chi connectivity index (χ3v) is 5.79. The van der Waals surface area contributed by atoms with Crippen LogP contribution in [-0.4, -0.2) is 40.9 Å². The second kappa shape index (κ2) is 11.6. The van der Waals surface area contributed by atoms with Gasteiger partial charge in [-0.15, -0.1) is 0 Å². The van der Waals surface area contributed by atoms with Crippen LogP contribution in [0.15, 0.2) is 46.2 Å². The van der Waals surface area contributed by atoms with Crippen molar-refractivity contribution in [3.8, 4) is 0 Å². The van der Waals surface area contributed by atoms with Crippen molar-refractivity contribution in [2.45, 2.75) is 16.7 Å². The first kappa shape index (κ1) is 30.0. The molecule has 1 aromatic heterocycles. The topological polar surface area (TPSA) is 203 Å². The van der Waals surface area contributed by atoms with Crippen molar-refractivity contribution < 1.29 is 85.1 Å². The number of nitrogens with one attached hydrogen (secondary N) is 2. The molecule has 0 amide bonds. The van der Waals surface area contributed by atoms with E-state index in [9.17, 15) is 25.9 Å². The third kappa shape index (κ3) is 8.00. The van der Waals surface area contributed by atoms with Crippen molar-refractivity contribution in [1.82, 2.24) is 15.0 Å². The standard InChI is InChI=1S/C16H15ClN6O6S2.2Na/c1-8-6-10(30(24,25)26)3-4-12(8)20-16-22-14(17)21-15(23-16)19-9-2-5-13(11(18)7-9)31(27,28)29;;/h2-7H,18H2,1H3,(H,24,25,26)(H,27,28,29)(H2,19,20,21,22,23);;/q;2*+1/p-2. The van der Waals surface area contributed by atoms with E-state index < -0.39 is 25.1 Å². The zero-order chi connectivity index (χ0) is 23.0. The minimum atomic E-state index is -4.72. The Bertz CT molecular complexity index is 1390. The Kier molecular flexibility index (Phi) is 10.5. The number of benzene rings is 2. The first-order chi connectivity index (χ1) is 14.3. The largest absolute Gasteiger partial charge is 1.00 e. The number of nitrogen functional groups attached to an aromatic ring is 1. The molecule has 0 aliphatic rings. The van der Waals surface area contributed by atoms with Gasteiger partial charge < -0.3 is 25.5 Å². The second-order valence-electron chi connectivity index (χ2n) is 6.14. The molecule has 1 heterocycles. The van der Waals surface area contributed by atoms with Gasteiger partial charge in [0, 0.05) is 11.4 Å². The van der Waals surface area contributed by atoms with Crippen LogP contribution < -0.4 is 75.5 Å². The van der Waals surface area contributed by atoms with Crippen LogP contribution in [0.4, 0.5) is 29.0 Å². The predicted molar refractivity (Wildman–Crippen MR) is 109 cm³/mol. The average molecular weight is 531 g/mol. The summed E-state index contributed by atoms with van der Waals surface area (Å²) in [7, 11) is -9.32. The van der Waals surface area contributed by atoms with E-state index in [0.29, 0.717) is 11.3 Å². The van der Waals surface area contributed by atoms with E-state index in [1.54, 1.807) is 6.92 Å². The van der Waals surface area contributed by atoms with Gasteiger partial charge in [-0.2, -0.15) is 15.0 Å². The molecule has 0 radical (unpaired) electrons. The average Bonchev–Trinajstić information content (AvgIpc) is 2.61. The minimum Gasteiger partial charge on any atom is -0.744 e. The molecular formula is C16H13ClN6Na2O6S2. The normalized spacial score (nSPS) is 11.2. The zero-order valence-electron chi connectivity index (χ0n) is 17.5. The molecular weight excluding hydrogens is 518 g/mol. The van der Waals surface area contributed by atoms with Gasteiger partial charge in [-0.25, -0.2) is 16.8 Å². The van der Waals surface area contributed by atoms with Crippen LogP contribution in [0.5, 0.6) is 0 Å². The van der Waals surface area contributed by atoms with Gasteiger partial charge in [0.05, 0.1) is 15.5 Å². The van der Waals surface area contributed by atoms with Crippen molar-refractivity contribution in [2.24, 2.45) is 0 Å². The maximum atomic E-state index is 11.1. The molecule has 0 aliphatic carbocycles. The maximum absolute atomic E-state index is 11.1. The van der Waals surface area contributed by atoms with Crippen LogP contribution in [0.1, 0.15) is 5.56 Å². The van der Waals surface area contributed by atoms with Crippen molar-refractivity contribution in [3.05, 3.63) is 47.2 Å². The van der Waals surface area contributed by atoms with E-state index in [1.165, 1.54) is 24.3 Å². The summed E-state index contributed by atoms with van der Waals surface area (Å²) in [6.07, 6.45) is 0. The van der Waals surface area contributed by atoms with Crippen molar-refractivity contribution in [2.75, 3.05) is 16.4 Å². The van der Waals surface area contributed by atoms with Crippen LogP contribution in [0.2, 0.25) is 5.28 Å². The van der Waals surface area contributed by atoms with E-state index in [4.69, 9.17) is 17.3 Å². The van der Waals surface area contributed by atoms with Crippen LogP contribution >= 0.6 is 11.6 Å². The summed E-state index contributed by atoms with van der Waals surface area (Å²) in [6.45, 7) is 1.58. The second-order valence-corrected chi connectivity index (χ2v) is 9.21. The number of nitrogens with zero attached hydrogens (tertiary/aromatic N) is 3. The summed E-state index contributed by atoms with van der Waals surface area (Å²) >= 11 is 5.92. The molecule has 17 heteroatoms. The van der Waals surface area contributed by atoms with Crippen LogP contribution in [0, 0.1) is 6.92 Å². The number of hydrogen-bond acceptors (Lipinski definition) is 12. The van der Waals surface area contributed by atoms with Gasteiger partial charge >= 0.3 is 59.1 Å². The maximum Gasteiger partial charge on any atom is 1.00 e. The first-order valence-electron chi connectivity index (χ1n) is 8.20. The van der Waals surface area contributed by atoms with Gasteiger partial charge in [0.25, 0.3) is 0 Å². The summed E-state index contributed by atoms with van der Waals surface area (Å²) in [5.41, 5.74) is 6.47. The Morgan fingerprint density at radius 3 is 2.00 bits per heavy atom. The molecule has 0 atom stereocenters. The molecule has 0 unspecified atom stereocenters. The predicted octanol–water partition coefficient (Wildman–Crippen LogP) is -4.28. The fourth-order valence-electron chi connectivity index (χ4n) is 2.50. The van der Waals surface area contributed by atoms with E-state index in [2.05, 4.69) is 25.6 Å². The van der Waals surface area contributed by atoms with Gasteiger partial charge in [0.15, 0.2) is 0 Å². The van der Waals surface area contributed by atoms with Crippen LogP contribution in [-0.2, 0) is 20.2 Å². The first-order valence-corrected chi connectivity index (χ1v) is 11.4. The number of halogens is 1. The molecule has 0 saturated heterocycles. The molecule has 2 aromatic carbocycles.